The number of nitrogens with zero attached hydrogens (tertiary/aromatic N) is 2. The Morgan fingerprint density at radius 1 is 1.50 bits per heavy atom. The summed E-state index contributed by atoms with van der Waals surface area (Å²) in [6.07, 6.45) is 3.48. The van der Waals surface area contributed by atoms with Crippen LogP contribution in [0.5, 0.6) is 0 Å². The summed E-state index contributed by atoms with van der Waals surface area (Å²) in [4.78, 5) is 15.7. The number of oxime groups is 1. The van der Waals surface area contributed by atoms with E-state index in [4.69, 9.17) is 15.7 Å². The van der Waals surface area contributed by atoms with Crippen molar-refractivity contribution in [2.24, 2.45) is 10.9 Å². The smallest absolute Gasteiger partial charge is 0.269 e. The fourth-order valence-corrected chi connectivity index (χ4v) is 1.41. The number of nitrogens with one attached hydrogen (secondary N) is 1. The van der Waals surface area contributed by atoms with E-state index in [1.54, 1.807) is 6.07 Å². The lowest BCUT2D eigenvalue weighted by Crippen LogP contribution is -2.28. The minimum absolute atomic E-state index is 0.0474. The molecule has 7 nitrogen and oxygen atoms in total. The highest BCUT2D eigenvalue weighted by atomic mass is 16.5. The molecule has 0 aliphatic carbocycles. The Labute approximate surface area is 117 Å². The Morgan fingerprint density at radius 2 is 2.30 bits per heavy atom. The van der Waals surface area contributed by atoms with Crippen molar-refractivity contribution in [1.82, 2.24) is 10.3 Å². The first-order chi connectivity index (χ1) is 9.69. The number of amidine groups is 1. The Kier molecular flexibility index (Phi) is 7.05. The van der Waals surface area contributed by atoms with Crippen molar-refractivity contribution in [3.05, 3.63) is 29.6 Å². The molecule has 0 bridgehead atoms. The molecule has 0 spiro atoms. The molecule has 0 aliphatic heterocycles. The Hall–Kier alpha value is -2.15. The number of amides is 1. The van der Waals surface area contributed by atoms with Gasteiger partial charge in [0.05, 0.1) is 6.61 Å². The Bertz CT molecular complexity index is 445. The standard InChI is InChI=1S/C13H20N4O3/c1-2-3-7-20-8-6-15-13(18)11-5-4-10(9-16-11)12(14)17-19/h4-5,9,19H,2-3,6-8H2,1H3,(H2,14,17)(H,15,18). The van der Waals surface area contributed by atoms with Crippen LogP contribution in [0.4, 0.5) is 0 Å². The van der Waals surface area contributed by atoms with Gasteiger partial charge in [0, 0.05) is 24.9 Å². The second-order valence-corrected chi connectivity index (χ2v) is 4.14. The number of carbonyl (C=O) groups is 1. The minimum Gasteiger partial charge on any atom is -0.409 e. The van der Waals surface area contributed by atoms with Crippen molar-refractivity contribution < 1.29 is 14.7 Å². The summed E-state index contributed by atoms with van der Waals surface area (Å²) < 4.78 is 5.33. The van der Waals surface area contributed by atoms with Crippen LogP contribution in [0, 0.1) is 0 Å². The SMILES string of the molecule is CCCCOCCNC(=O)c1ccc(C(N)=NO)cn1. The average Bonchev–Trinajstić information content (AvgIpc) is 2.50. The maximum absolute atomic E-state index is 11.7. The maximum atomic E-state index is 11.7. The van der Waals surface area contributed by atoms with Gasteiger partial charge in [0.25, 0.3) is 5.91 Å². The van der Waals surface area contributed by atoms with Crippen LogP contribution >= 0.6 is 0 Å². The molecule has 110 valence electrons. The van der Waals surface area contributed by atoms with Crippen LogP contribution in [0.2, 0.25) is 0 Å². The number of rotatable bonds is 8. The molecular formula is C13H20N4O3. The summed E-state index contributed by atoms with van der Waals surface area (Å²) in [5.41, 5.74) is 6.12. The number of unbranched alkanes of at least 4 members (excludes halogenated alkanes) is 1. The van der Waals surface area contributed by atoms with Crippen molar-refractivity contribution in [3.8, 4) is 0 Å². The molecule has 1 heterocycles. The van der Waals surface area contributed by atoms with Gasteiger partial charge in [-0.3, -0.25) is 9.78 Å². The summed E-state index contributed by atoms with van der Waals surface area (Å²) in [6, 6.07) is 3.08. The molecule has 0 radical (unpaired) electrons. The summed E-state index contributed by atoms with van der Waals surface area (Å²) in [7, 11) is 0. The molecule has 0 aromatic carbocycles. The molecule has 7 heteroatoms. The third kappa shape index (κ3) is 5.23. The normalized spacial score (nSPS) is 11.3. The van der Waals surface area contributed by atoms with Crippen LogP contribution in [-0.2, 0) is 4.74 Å². The van der Waals surface area contributed by atoms with Gasteiger partial charge in [0.2, 0.25) is 0 Å². The Morgan fingerprint density at radius 3 is 2.90 bits per heavy atom. The summed E-state index contributed by atoms with van der Waals surface area (Å²) in [5.74, 6) is -0.330. The third-order valence-electron chi connectivity index (χ3n) is 2.57. The zero-order chi connectivity index (χ0) is 14.8. The lowest BCUT2D eigenvalue weighted by Gasteiger charge is -2.06. The summed E-state index contributed by atoms with van der Waals surface area (Å²) >= 11 is 0. The number of hydrogen-bond donors (Lipinski definition) is 3. The largest absolute Gasteiger partial charge is 0.409 e. The molecule has 0 unspecified atom stereocenters. The topological polar surface area (TPSA) is 110 Å². The lowest BCUT2D eigenvalue weighted by molar-refractivity contribution is 0.0908. The van der Waals surface area contributed by atoms with Crippen LogP contribution in [0.1, 0.15) is 35.8 Å². The molecule has 0 fully saturated rings. The van der Waals surface area contributed by atoms with E-state index in [-0.39, 0.29) is 17.4 Å². The van der Waals surface area contributed by atoms with Crippen molar-refractivity contribution in [2.75, 3.05) is 19.8 Å². The van der Waals surface area contributed by atoms with Gasteiger partial charge >= 0.3 is 0 Å². The number of carbonyl (C=O) groups excluding carboxylic acids is 1. The zero-order valence-corrected chi connectivity index (χ0v) is 11.5. The molecule has 0 atom stereocenters. The highest BCUT2D eigenvalue weighted by Crippen LogP contribution is 2.00. The van der Waals surface area contributed by atoms with Crippen molar-refractivity contribution >= 4 is 11.7 Å². The first-order valence-electron chi connectivity index (χ1n) is 6.49. The van der Waals surface area contributed by atoms with Crippen molar-refractivity contribution in [2.45, 2.75) is 19.8 Å². The van der Waals surface area contributed by atoms with E-state index in [1.807, 2.05) is 0 Å². The molecule has 20 heavy (non-hydrogen) atoms. The van der Waals surface area contributed by atoms with E-state index in [2.05, 4.69) is 22.4 Å². The quantitative estimate of drug-likeness (QED) is 0.214. The van der Waals surface area contributed by atoms with Gasteiger partial charge in [0.15, 0.2) is 5.84 Å². The first kappa shape index (κ1) is 15.9. The van der Waals surface area contributed by atoms with Crippen molar-refractivity contribution in [3.63, 3.8) is 0 Å². The zero-order valence-electron chi connectivity index (χ0n) is 11.5. The van der Waals surface area contributed by atoms with Gasteiger partial charge in [-0.1, -0.05) is 18.5 Å². The highest BCUT2D eigenvalue weighted by Gasteiger charge is 2.07. The van der Waals surface area contributed by atoms with Gasteiger partial charge in [-0.25, -0.2) is 0 Å². The van der Waals surface area contributed by atoms with Gasteiger partial charge in [-0.15, -0.1) is 0 Å². The second-order valence-electron chi connectivity index (χ2n) is 4.14. The lowest BCUT2D eigenvalue weighted by atomic mass is 10.2. The summed E-state index contributed by atoms with van der Waals surface area (Å²) in [6.45, 7) is 3.72. The van der Waals surface area contributed by atoms with Crippen LogP contribution < -0.4 is 11.1 Å². The van der Waals surface area contributed by atoms with E-state index in [1.165, 1.54) is 12.3 Å². The van der Waals surface area contributed by atoms with Crippen LogP contribution in [0.3, 0.4) is 0 Å². The Balaban J connectivity index is 2.36. The van der Waals surface area contributed by atoms with Gasteiger partial charge in [-0.2, -0.15) is 0 Å². The van der Waals surface area contributed by atoms with E-state index >= 15 is 0 Å². The van der Waals surface area contributed by atoms with E-state index < -0.39 is 0 Å². The molecular weight excluding hydrogens is 260 g/mol. The molecule has 0 saturated carbocycles. The summed E-state index contributed by atoms with van der Waals surface area (Å²) in [5, 5.41) is 14.1. The predicted molar refractivity (Wildman–Crippen MR) is 74.8 cm³/mol. The fourth-order valence-electron chi connectivity index (χ4n) is 1.41. The molecule has 1 aromatic rings. The number of ether oxygens (including phenoxy) is 1. The average molecular weight is 280 g/mol. The number of pyridine rings is 1. The molecule has 1 amide bonds. The van der Waals surface area contributed by atoms with Crippen LogP contribution in [-0.4, -0.2) is 41.7 Å². The molecule has 0 saturated heterocycles. The molecule has 1 aromatic heterocycles. The molecule has 1 rings (SSSR count). The monoisotopic (exact) mass is 280 g/mol. The van der Waals surface area contributed by atoms with E-state index in [9.17, 15) is 4.79 Å². The van der Waals surface area contributed by atoms with Crippen molar-refractivity contribution in [1.29, 1.82) is 0 Å². The van der Waals surface area contributed by atoms with E-state index in [0.29, 0.717) is 25.3 Å². The predicted octanol–water partition coefficient (Wildman–Crippen LogP) is 0.723. The van der Waals surface area contributed by atoms with Gasteiger partial charge in [0.1, 0.15) is 5.69 Å². The van der Waals surface area contributed by atoms with E-state index in [0.717, 1.165) is 12.8 Å². The number of nitrogens with two attached hydrogens (primary N) is 1. The highest BCUT2D eigenvalue weighted by molar-refractivity contribution is 5.98. The fraction of sp³-hybridized carbons (Fsp3) is 0.462. The van der Waals surface area contributed by atoms with Crippen LogP contribution in [0.25, 0.3) is 0 Å². The van der Waals surface area contributed by atoms with Gasteiger partial charge < -0.3 is 21.0 Å². The first-order valence-corrected chi connectivity index (χ1v) is 6.49. The third-order valence-corrected chi connectivity index (χ3v) is 2.57. The van der Waals surface area contributed by atoms with Crippen LogP contribution in [0.15, 0.2) is 23.5 Å². The second kappa shape index (κ2) is 8.87. The number of aromatic nitrogens is 1. The molecule has 0 aliphatic rings. The number of hydrogen-bond acceptors (Lipinski definition) is 5. The minimum atomic E-state index is -0.282. The van der Waals surface area contributed by atoms with Gasteiger partial charge in [-0.05, 0) is 18.6 Å². The molecule has 4 N–H and O–H groups in total. The maximum Gasteiger partial charge on any atom is 0.269 e.